The van der Waals surface area contributed by atoms with Gasteiger partial charge in [0.25, 0.3) is 5.91 Å². The van der Waals surface area contributed by atoms with Crippen LogP contribution in [-0.2, 0) is 11.0 Å². The van der Waals surface area contributed by atoms with Crippen molar-refractivity contribution < 1.29 is 22.7 Å². The van der Waals surface area contributed by atoms with Crippen molar-refractivity contribution in [3.8, 4) is 5.88 Å². The SMILES string of the molecule is Cc1cnc(N[C@H]2CC[C@@H](NC(=O)COc3cc(C(F)(F)F)ncn3)CC2)nc1N(C)C. The number of carbonyl (C=O) groups is 1. The second kappa shape index (κ2) is 9.96. The van der Waals surface area contributed by atoms with E-state index in [-0.39, 0.29) is 18.0 Å². The summed E-state index contributed by atoms with van der Waals surface area (Å²) in [5, 5.41) is 6.20. The third kappa shape index (κ3) is 6.41. The fourth-order valence-electron chi connectivity index (χ4n) is 3.50. The first-order valence-electron chi connectivity index (χ1n) is 10.2. The number of nitrogens with one attached hydrogen (secondary N) is 2. The predicted octanol–water partition coefficient (Wildman–Crippen LogP) is 2.58. The monoisotopic (exact) mass is 453 g/mol. The molecule has 2 aromatic heterocycles. The Hall–Kier alpha value is -3.18. The number of ether oxygens (including phenoxy) is 1. The van der Waals surface area contributed by atoms with Gasteiger partial charge in [0.15, 0.2) is 12.3 Å². The Morgan fingerprint density at radius 3 is 2.50 bits per heavy atom. The van der Waals surface area contributed by atoms with E-state index in [1.165, 1.54) is 0 Å². The Labute approximate surface area is 183 Å². The average molecular weight is 453 g/mol. The lowest BCUT2D eigenvalue weighted by molar-refractivity contribution is -0.141. The first-order valence-corrected chi connectivity index (χ1v) is 10.2. The predicted molar refractivity (Wildman–Crippen MR) is 111 cm³/mol. The molecule has 12 heteroatoms. The molecule has 3 rings (SSSR count). The molecule has 2 aromatic rings. The molecule has 0 atom stereocenters. The molecular formula is C20H26F3N7O2. The lowest BCUT2D eigenvalue weighted by atomic mass is 9.91. The van der Waals surface area contributed by atoms with Crippen molar-refractivity contribution in [2.45, 2.75) is 50.9 Å². The Bertz CT molecular complexity index is 932. The van der Waals surface area contributed by atoms with Crippen LogP contribution >= 0.6 is 0 Å². The van der Waals surface area contributed by atoms with Gasteiger partial charge in [0, 0.05) is 44.0 Å². The highest BCUT2D eigenvalue weighted by molar-refractivity contribution is 5.77. The highest BCUT2D eigenvalue weighted by Gasteiger charge is 2.33. The maximum atomic E-state index is 12.7. The van der Waals surface area contributed by atoms with Crippen molar-refractivity contribution in [3.05, 3.63) is 29.8 Å². The third-order valence-corrected chi connectivity index (χ3v) is 5.08. The zero-order chi connectivity index (χ0) is 23.3. The Morgan fingerprint density at radius 1 is 1.16 bits per heavy atom. The van der Waals surface area contributed by atoms with Crippen molar-refractivity contribution in [3.63, 3.8) is 0 Å². The minimum Gasteiger partial charge on any atom is -0.467 e. The van der Waals surface area contributed by atoms with Gasteiger partial charge in [-0.3, -0.25) is 4.79 Å². The minimum absolute atomic E-state index is 0.0310. The second-order valence-corrected chi connectivity index (χ2v) is 7.88. The van der Waals surface area contributed by atoms with Gasteiger partial charge >= 0.3 is 6.18 Å². The smallest absolute Gasteiger partial charge is 0.433 e. The molecule has 2 N–H and O–H groups in total. The number of hydrogen-bond donors (Lipinski definition) is 2. The molecule has 0 aromatic carbocycles. The number of rotatable bonds is 7. The average Bonchev–Trinajstić information content (AvgIpc) is 2.74. The van der Waals surface area contributed by atoms with Gasteiger partial charge in [-0.15, -0.1) is 0 Å². The summed E-state index contributed by atoms with van der Waals surface area (Å²) in [7, 11) is 3.85. The lowest BCUT2D eigenvalue weighted by Gasteiger charge is -2.29. The van der Waals surface area contributed by atoms with E-state index in [1.54, 1.807) is 6.20 Å². The molecule has 0 bridgehead atoms. The Morgan fingerprint density at radius 2 is 1.84 bits per heavy atom. The zero-order valence-corrected chi connectivity index (χ0v) is 18.1. The molecule has 1 aliphatic rings. The maximum Gasteiger partial charge on any atom is 0.433 e. The molecular weight excluding hydrogens is 427 g/mol. The van der Waals surface area contributed by atoms with Crippen molar-refractivity contribution in [1.29, 1.82) is 0 Å². The molecule has 1 amide bonds. The maximum absolute atomic E-state index is 12.7. The topological polar surface area (TPSA) is 105 Å². The van der Waals surface area contributed by atoms with Crippen LogP contribution in [0, 0.1) is 6.92 Å². The summed E-state index contributed by atoms with van der Waals surface area (Å²) >= 11 is 0. The summed E-state index contributed by atoms with van der Waals surface area (Å²) in [5.41, 5.74) is -0.130. The molecule has 0 spiro atoms. The summed E-state index contributed by atoms with van der Waals surface area (Å²) in [6.45, 7) is 1.54. The van der Waals surface area contributed by atoms with Gasteiger partial charge in [0.05, 0.1) is 0 Å². The van der Waals surface area contributed by atoms with Crippen LogP contribution < -0.4 is 20.3 Å². The highest BCUT2D eigenvalue weighted by atomic mass is 19.4. The van der Waals surface area contributed by atoms with E-state index in [0.717, 1.165) is 43.4 Å². The quantitative estimate of drug-likeness (QED) is 0.659. The number of anilines is 2. The van der Waals surface area contributed by atoms with Crippen molar-refractivity contribution in [1.82, 2.24) is 25.3 Å². The van der Waals surface area contributed by atoms with Crippen molar-refractivity contribution >= 4 is 17.7 Å². The molecule has 32 heavy (non-hydrogen) atoms. The van der Waals surface area contributed by atoms with E-state index in [2.05, 4.69) is 30.6 Å². The minimum atomic E-state index is -4.60. The van der Waals surface area contributed by atoms with Crippen LogP contribution in [0.3, 0.4) is 0 Å². The number of amides is 1. The highest BCUT2D eigenvalue weighted by Crippen LogP contribution is 2.28. The number of alkyl halides is 3. The zero-order valence-electron chi connectivity index (χ0n) is 18.1. The van der Waals surface area contributed by atoms with Gasteiger partial charge < -0.3 is 20.3 Å². The van der Waals surface area contributed by atoms with E-state index < -0.39 is 24.4 Å². The molecule has 0 aliphatic heterocycles. The van der Waals surface area contributed by atoms with Crippen LogP contribution in [0.1, 0.15) is 36.9 Å². The fourth-order valence-corrected chi connectivity index (χ4v) is 3.50. The second-order valence-electron chi connectivity index (χ2n) is 7.88. The van der Waals surface area contributed by atoms with E-state index in [0.29, 0.717) is 12.0 Å². The molecule has 1 saturated carbocycles. The van der Waals surface area contributed by atoms with Crippen molar-refractivity contribution in [2.75, 3.05) is 30.9 Å². The van der Waals surface area contributed by atoms with E-state index >= 15 is 0 Å². The van der Waals surface area contributed by atoms with Crippen LogP contribution in [0.5, 0.6) is 5.88 Å². The van der Waals surface area contributed by atoms with Gasteiger partial charge in [-0.2, -0.15) is 18.2 Å². The molecule has 2 heterocycles. The Balaban J connectivity index is 1.43. The summed E-state index contributed by atoms with van der Waals surface area (Å²) in [4.78, 5) is 29.7. The lowest BCUT2D eigenvalue weighted by Crippen LogP contribution is -2.42. The number of carbonyl (C=O) groups excluding carboxylic acids is 1. The van der Waals surface area contributed by atoms with Crippen LogP contribution in [0.4, 0.5) is 24.9 Å². The summed E-state index contributed by atoms with van der Waals surface area (Å²) in [5.74, 6) is 0.717. The summed E-state index contributed by atoms with van der Waals surface area (Å²) in [6, 6.07) is 0.828. The van der Waals surface area contributed by atoms with Gasteiger partial charge in [0.2, 0.25) is 11.8 Å². The Kier molecular flexibility index (Phi) is 7.31. The first kappa shape index (κ1) is 23.5. The molecule has 9 nitrogen and oxygen atoms in total. The van der Waals surface area contributed by atoms with Gasteiger partial charge in [-0.1, -0.05) is 0 Å². The van der Waals surface area contributed by atoms with Gasteiger partial charge in [-0.05, 0) is 32.6 Å². The molecule has 0 radical (unpaired) electrons. The van der Waals surface area contributed by atoms with Crippen molar-refractivity contribution in [2.24, 2.45) is 0 Å². The largest absolute Gasteiger partial charge is 0.467 e. The van der Waals surface area contributed by atoms with Crippen LogP contribution in [0.15, 0.2) is 18.6 Å². The van der Waals surface area contributed by atoms with E-state index in [4.69, 9.17) is 4.74 Å². The number of aromatic nitrogens is 4. The third-order valence-electron chi connectivity index (χ3n) is 5.08. The molecule has 174 valence electrons. The molecule has 1 fully saturated rings. The number of nitrogens with zero attached hydrogens (tertiary/aromatic N) is 5. The number of halogens is 3. The number of hydrogen-bond acceptors (Lipinski definition) is 8. The number of aryl methyl sites for hydroxylation is 1. The molecule has 1 aliphatic carbocycles. The standard InChI is InChI=1S/C20H26F3N7O2/c1-12-9-24-19(29-18(12)30(2)3)28-14-6-4-13(5-7-14)27-16(31)10-32-17-8-15(20(21,22)23)25-11-26-17/h8-9,11,13-14H,4-7,10H2,1-3H3,(H,27,31)(H,24,28,29)/t13-,14+. The summed E-state index contributed by atoms with van der Waals surface area (Å²) < 4.78 is 43.1. The van der Waals surface area contributed by atoms with Crippen LogP contribution in [0.25, 0.3) is 0 Å². The first-order chi connectivity index (χ1) is 15.1. The molecule has 0 saturated heterocycles. The van der Waals surface area contributed by atoms with E-state index in [1.807, 2.05) is 25.9 Å². The van der Waals surface area contributed by atoms with Crippen LogP contribution in [-0.4, -0.2) is 58.6 Å². The molecule has 0 unspecified atom stereocenters. The normalized spacial score (nSPS) is 18.7. The van der Waals surface area contributed by atoms with Gasteiger partial charge in [-0.25, -0.2) is 15.0 Å². The van der Waals surface area contributed by atoms with Crippen LogP contribution in [0.2, 0.25) is 0 Å². The van der Waals surface area contributed by atoms with Gasteiger partial charge in [0.1, 0.15) is 12.1 Å². The fraction of sp³-hybridized carbons (Fsp3) is 0.550. The van der Waals surface area contributed by atoms with E-state index in [9.17, 15) is 18.0 Å². The summed E-state index contributed by atoms with van der Waals surface area (Å²) in [6.07, 6.45) is 1.08.